The van der Waals surface area contributed by atoms with Crippen molar-refractivity contribution in [2.24, 2.45) is 0 Å². The van der Waals surface area contributed by atoms with E-state index in [9.17, 15) is 14.7 Å². The third-order valence-electron chi connectivity index (χ3n) is 4.42. The molecule has 1 amide bonds. The lowest BCUT2D eigenvalue weighted by atomic mass is 9.95. The van der Waals surface area contributed by atoms with Crippen LogP contribution in [-0.2, 0) is 17.9 Å². The highest BCUT2D eigenvalue weighted by Crippen LogP contribution is 2.36. The van der Waals surface area contributed by atoms with Gasteiger partial charge in [-0.3, -0.25) is 4.90 Å². The molecule has 1 N–H and O–H groups in total. The highest BCUT2D eigenvalue weighted by atomic mass is 16.4. The molecule has 25 heavy (non-hydrogen) atoms. The van der Waals surface area contributed by atoms with E-state index in [2.05, 4.69) is 6.07 Å². The van der Waals surface area contributed by atoms with Gasteiger partial charge in [0.25, 0.3) is 0 Å². The number of benzene rings is 2. The van der Waals surface area contributed by atoms with Crippen molar-refractivity contribution in [3.63, 3.8) is 0 Å². The Labute approximate surface area is 145 Å². The maximum Gasteiger partial charge on any atom is 0.407 e. The van der Waals surface area contributed by atoms with Crippen molar-refractivity contribution in [3.05, 3.63) is 53.1 Å². The molecule has 0 atom stereocenters. The van der Waals surface area contributed by atoms with Crippen LogP contribution in [0.5, 0.6) is 0 Å². The molecule has 2 aromatic rings. The third kappa shape index (κ3) is 3.17. The second-order valence-electron chi connectivity index (χ2n) is 6.01. The summed E-state index contributed by atoms with van der Waals surface area (Å²) in [5, 5.41) is 18.3. The molecule has 0 unspecified atom stereocenters. The van der Waals surface area contributed by atoms with Gasteiger partial charge in [0.15, 0.2) is 0 Å². The molecule has 1 heterocycles. The first-order chi connectivity index (χ1) is 12.0. The van der Waals surface area contributed by atoms with Gasteiger partial charge in [-0.2, -0.15) is 5.26 Å². The van der Waals surface area contributed by atoms with Crippen molar-refractivity contribution < 1.29 is 14.7 Å². The fraction of sp³-hybridized carbons (Fsp3) is 0.211. The third-order valence-corrected chi connectivity index (χ3v) is 4.42. The van der Waals surface area contributed by atoms with E-state index in [0.29, 0.717) is 18.7 Å². The minimum atomic E-state index is -0.954. The summed E-state index contributed by atoms with van der Waals surface area (Å²) in [4.78, 5) is 25.4. The van der Waals surface area contributed by atoms with Crippen LogP contribution < -0.4 is 4.90 Å². The van der Waals surface area contributed by atoms with Crippen LogP contribution >= 0.6 is 0 Å². The van der Waals surface area contributed by atoms with E-state index in [1.165, 1.54) is 4.90 Å². The lowest BCUT2D eigenvalue weighted by Crippen LogP contribution is -2.22. The molecule has 2 aromatic carbocycles. The molecule has 0 aliphatic carbocycles. The van der Waals surface area contributed by atoms with Gasteiger partial charge < -0.3 is 14.8 Å². The summed E-state index contributed by atoms with van der Waals surface area (Å²) in [6, 6.07) is 13.2. The lowest BCUT2D eigenvalue weighted by molar-refractivity contribution is -0.106. The number of carbonyl (C=O) groups excluding carboxylic acids is 1. The van der Waals surface area contributed by atoms with Gasteiger partial charge in [-0.1, -0.05) is 12.1 Å². The average molecular weight is 335 g/mol. The van der Waals surface area contributed by atoms with E-state index >= 15 is 0 Å². The number of carbonyl (C=O) groups is 2. The zero-order valence-electron chi connectivity index (χ0n) is 13.8. The second kappa shape index (κ2) is 6.65. The minimum Gasteiger partial charge on any atom is -0.465 e. The summed E-state index contributed by atoms with van der Waals surface area (Å²) < 4.78 is 0. The molecule has 1 aliphatic heterocycles. The summed E-state index contributed by atoms with van der Waals surface area (Å²) in [6.45, 7) is 0.919. The van der Waals surface area contributed by atoms with E-state index in [4.69, 9.17) is 5.26 Å². The summed E-state index contributed by atoms with van der Waals surface area (Å²) in [7, 11) is 1.82. The van der Waals surface area contributed by atoms with E-state index < -0.39 is 6.09 Å². The van der Waals surface area contributed by atoms with Gasteiger partial charge in [0, 0.05) is 19.3 Å². The number of anilines is 1. The van der Waals surface area contributed by atoms with Crippen LogP contribution in [-0.4, -0.2) is 36.0 Å². The molecule has 6 nitrogen and oxygen atoms in total. The molecule has 0 bridgehead atoms. The smallest absolute Gasteiger partial charge is 0.407 e. The SMILES string of the molecule is CN(CC=O)c1cc2c(c(-c3ccc(C#N)cc3)c1)CN(C(=O)O)C2. The van der Waals surface area contributed by atoms with Crippen LogP contribution in [0.3, 0.4) is 0 Å². The van der Waals surface area contributed by atoms with E-state index in [1.807, 2.05) is 36.2 Å². The van der Waals surface area contributed by atoms with E-state index in [-0.39, 0.29) is 6.54 Å². The molecule has 0 spiro atoms. The van der Waals surface area contributed by atoms with Crippen molar-refractivity contribution in [2.75, 3.05) is 18.5 Å². The van der Waals surface area contributed by atoms with E-state index in [0.717, 1.165) is 34.2 Å². The van der Waals surface area contributed by atoms with Gasteiger partial charge >= 0.3 is 6.09 Å². The summed E-state index contributed by atoms with van der Waals surface area (Å²) >= 11 is 0. The Kier molecular flexibility index (Phi) is 4.40. The first kappa shape index (κ1) is 16.5. The Bertz CT molecular complexity index is 869. The average Bonchev–Trinajstić information content (AvgIpc) is 3.05. The van der Waals surface area contributed by atoms with Crippen LogP contribution in [0.15, 0.2) is 36.4 Å². The zero-order valence-corrected chi connectivity index (χ0v) is 13.8. The van der Waals surface area contributed by atoms with Crippen molar-refractivity contribution in [1.29, 1.82) is 5.26 Å². The van der Waals surface area contributed by atoms with Crippen molar-refractivity contribution >= 4 is 18.1 Å². The number of nitriles is 1. The predicted molar refractivity (Wildman–Crippen MR) is 93.2 cm³/mol. The van der Waals surface area contributed by atoms with Crippen molar-refractivity contribution in [2.45, 2.75) is 13.1 Å². The largest absolute Gasteiger partial charge is 0.465 e. The number of amides is 1. The van der Waals surface area contributed by atoms with Gasteiger partial charge in [-0.25, -0.2) is 4.79 Å². The lowest BCUT2D eigenvalue weighted by Gasteiger charge is -2.19. The summed E-state index contributed by atoms with van der Waals surface area (Å²) in [5.41, 5.74) is 5.19. The van der Waals surface area contributed by atoms with Gasteiger partial charge in [-0.05, 0) is 46.5 Å². The first-order valence-electron chi connectivity index (χ1n) is 7.82. The van der Waals surface area contributed by atoms with Gasteiger partial charge in [-0.15, -0.1) is 0 Å². The Morgan fingerprint density at radius 2 is 2.04 bits per heavy atom. The highest BCUT2D eigenvalue weighted by Gasteiger charge is 2.26. The summed E-state index contributed by atoms with van der Waals surface area (Å²) in [5.74, 6) is 0. The maximum atomic E-state index is 11.4. The molecule has 6 heteroatoms. The molecular weight excluding hydrogens is 318 g/mol. The molecule has 0 radical (unpaired) electrons. The summed E-state index contributed by atoms with van der Waals surface area (Å²) in [6.07, 6.45) is -0.122. The fourth-order valence-corrected chi connectivity index (χ4v) is 3.05. The standard InChI is InChI=1S/C19H17N3O3/c1-21(6-7-23)16-8-15-11-22(19(24)25)12-18(15)17(9-16)14-4-2-13(10-20)3-5-14/h2-5,7-9H,6,11-12H2,1H3,(H,24,25). The van der Waals surface area contributed by atoms with Crippen LogP contribution in [0.1, 0.15) is 16.7 Å². The van der Waals surface area contributed by atoms with Crippen molar-refractivity contribution in [3.8, 4) is 17.2 Å². The zero-order chi connectivity index (χ0) is 18.0. The predicted octanol–water partition coefficient (Wildman–Crippen LogP) is 2.85. The Morgan fingerprint density at radius 1 is 1.32 bits per heavy atom. The number of rotatable bonds is 4. The minimum absolute atomic E-state index is 0.258. The molecule has 0 fully saturated rings. The quantitative estimate of drug-likeness (QED) is 0.869. The van der Waals surface area contributed by atoms with Crippen LogP contribution in [0.25, 0.3) is 11.1 Å². The fourth-order valence-electron chi connectivity index (χ4n) is 3.05. The van der Waals surface area contributed by atoms with Gasteiger partial charge in [0.05, 0.1) is 24.7 Å². The molecule has 0 saturated heterocycles. The number of carboxylic acid groups (broad SMARTS) is 1. The van der Waals surface area contributed by atoms with Crippen molar-refractivity contribution in [1.82, 2.24) is 4.90 Å². The Morgan fingerprint density at radius 3 is 2.64 bits per heavy atom. The van der Waals surface area contributed by atoms with Gasteiger partial charge in [0.2, 0.25) is 0 Å². The molecular formula is C19H17N3O3. The second-order valence-corrected chi connectivity index (χ2v) is 6.01. The van der Waals surface area contributed by atoms with Crippen LogP contribution in [0.2, 0.25) is 0 Å². The number of aldehydes is 1. The maximum absolute atomic E-state index is 11.4. The molecule has 0 saturated carbocycles. The highest BCUT2D eigenvalue weighted by molar-refractivity contribution is 5.77. The molecule has 0 aromatic heterocycles. The molecule has 3 rings (SSSR count). The molecule has 1 aliphatic rings. The first-order valence-corrected chi connectivity index (χ1v) is 7.82. The number of nitrogens with zero attached hydrogens (tertiary/aromatic N) is 3. The number of hydrogen-bond donors (Lipinski definition) is 1. The Balaban J connectivity index is 2.10. The number of fused-ring (bicyclic) bond motifs is 1. The van der Waals surface area contributed by atoms with Crippen LogP contribution in [0.4, 0.5) is 10.5 Å². The van der Waals surface area contributed by atoms with E-state index in [1.54, 1.807) is 12.1 Å². The normalized spacial score (nSPS) is 12.4. The Hall–Kier alpha value is -3.33. The van der Waals surface area contributed by atoms with Gasteiger partial charge in [0.1, 0.15) is 6.29 Å². The number of likely N-dealkylation sites (N-methyl/N-ethyl adjacent to an activating group) is 1. The van der Waals surface area contributed by atoms with Crippen LogP contribution in [0, 0.1) is 11.3 Å². The topological polar surface area (TPSA) is 84.6 Å². The monoisotopic (exact) mass is 335 g/mol. The number of hydrogen-bond acceptors (Lipinski definition) is 4. The molecule has 126 valence electrons.